The lowest BCUT2D eigenvalue weighted by atomic mass is 10.00. The first-order valence-electron chi connectivity index (χ1n) is 6.34. The van der Waals surface area contributed by atoms with Crippen molar-refractivity contribution in [3.63, 3.8) is 0 Å². The molecule has 0 unspecified atom stereocenters. The van der Waals surface area contributed by atoms with Gasteiger partial charge in [0.1, 0.15) is 5.69 Å². The molecule has 0 aliphatic carbocycles. The van der Waals surface area contributed by atoms with Crippen molar-refractivity contribution in [2.24, 2.45) is 0 Å². The Morgan fingerprint density at radius 1 is 1.16 bits per heavy atom. The number of hydrogen-bond donors (Lipinski definition) is 1. The molecule has 2 rings (SSSR count). The van der Waals surface area contributed by atoms with Crippen molar-refractivity contribution in [3.05, 3.63) is 64.5 Å². The SMILES string of the molecule is Cc1cc(C)c(CNC(=O)c2ccccn2)c(C)c1. The van der Waals surface area contributed by atoms with E-state index in [-0.39, 0.29) is 5.91 Å². The first-order valence-corrected chi connectivity index (χ1v) is 6.34. The third-order valence-electron chi connectivity index (χ3n) is 3.16. The molecule has 0 spiro atoms. The van der Waals surface area contributed by atoms with Gasteiger partial charge in [-0.1, -0.05) is 23.8 Å². The van der Waals surface area contributed by atoms with Crippen LogP contribution in [0.1, 0.15) is 32.7 Å². The zero-order valence-corrected chi connectivity index (χ0v) is 11.5. The fourth-order valence-electron chi connectivity index (χ4n) is 2.25. The molecule has 3 nitrogen and oxygen atoms in total. The van der Waals surface area contributed by atoms with Crippen molar-refractivity contribution in [3.8, 4) is 0 Å². The van der Waals surface area contributed by atoms with Crippen molar-refractivity contribution in [1.82, 2.24) is 10.3 Å². The van der Waals surface area contributed by atoms with Crippen LogP contribution in [0.25, 0.3) is 0 Å². The Morgan fingerprint density at radius 2 is 1.84 bits per heavy atom. The Hall–Kier alpha value is -2.16. The second kappa shape index (κ2) is 5.65. The van der Waals surface area contributed by atoms with Crippen LogP contribution in [-0.4, -0.2) is 10.9 Å². The van der Waals surface area contributed by atoms with E-state index in [4.69, 9.17) is 0 Å². The van der Waals surface area contributed by atoms with Crippen LogP contribution in [0.4, 0.5) is 0 Å². The average Bonchev–Trinajstić information content (AvgIpc) is 2.38. The number of aryl methyl sites for hydroxylation is 3. The van der Waals surface area contributed by atoms with E-state index in [1.54, 1.807) is 18.3 Å². The summed E-state index contributed by atoms with van der Waals surface area (Å²) in [7, 11) is 0. The lowest BCUT2D eigenvalue weighted by molar-refractivity contribution is 0.0946. The van der Waals surface area contributed by atoms with E-state index in [2.05, 4.69) is 43.2 Å². The van der Waals surface area contributed by atoms with Gasteiger partial charge < -0.3 is 5.32 Å². The van der Waals surface area contributed by atoms with Crippen molar-refractivity contribution < 1.29 is 4.79 Å². The number of hydrogen-bond acceptors (Lipinski definition) is 2. The van der Waals surface area contributed by atoms with Gasteiger partial charge in [-0.2, -0.15) is 0 Å². The van der Waals surface area contributed by atoms with Crippen LogP contribution in [0.2, 0.25) is 0 Å². The van der Waals surface area contributed by atoms with Gasteiger partial charge in [0, 0.05) is 12.7 Å². The maximum atomic E-state index is 11.9. The van der Waals surface area contributed by atoms with E-state index >= 15 is 0 Å². The molecule has 0 saturated heterocycles. The zero-order valence-electron chi connectivity index (χ0n) is 11.5. The molecule has 3 heteroatoms. The summed E-state index contributed by atoms with van der Waals surface area (Å²) >= 11 is 0. The topological polar surface area (TPSA) is 42.0 Å². The lowest BCUT2D eigenvalue weighted by Gasteiger charge is -2.12. The highest BCUT2D eigenvalue weighted by Gasteiger charge is 2.08. The summed E-state index contributed by atoms with van der Waals surface area (Å²) in [5.41, 5.74) is 5.28. The van der Waals surface area contributed by atoms with E-state index in [1.807, 2.05) is 6.07 Å². The predicted molar refractivity (Wildman–Crippen MR) is 76.1 cm³/mol. The van der Waals surface area contributed by atoms with Gasteiger partial charge in [-0.15, -0.1) is 0 Å². The second-order valence-corrected chi connectivity index (χ2v) is 4.77. The van der Waals surface area contributed by atoms with Crippen molar-refractivity contribution >= 4 is 5.91 Å². The molecule has 1 aromatic heterocycles. The van der Waals surface area contributed by atoms with Gasteiger partial charge in [0.05, 0.1) is 0 Å². The highest BCUT2D eigenvalue weighted by atomic mass is 16.1. The van der Waals surface area contributed by atoms with Gasteiger partial charge in [-0.05, 0) is 49.6 Å². The maximum Gasteiger partial charge on any atom is 0.270 e. The molecule has 0 bridgehead atoms. The molecule has 0 radical (unpaired) electrons. The van der Waals surface area contributed by atoms with Gasteiger partial charge in [0.15, 0.2) is 0 Å². The van der Waals surface area contributed by atoms with Gasteiger partial charge in [-0.25, -0.2) is 0 Å². The van der Waals surface area contributed by atoms with E-state index in [9.17, 15) is 4.79 Å². The molecule has 1 aromatic carbocycles. The van der Waals surface area contributed by atoms with Gasteiger partial charge in [-0.3, -0.25) is 9.78 Å². The van der Waals surface area contributed by atoms with Crippen LogP contribution < -0.4 is 5.32 Å². The molecule has 0 aliphatic rings. The highest BCUT2D eigenvalue weighted by molar-refractivity contribution is 5.92. The largest absolute Gasteiger partial charge is 0.347 e. The van der Waals surface area contributed by atoms with Crippen LogP contribution in [0, 0.1) is 20.8 Å². The molecule has 1 heterocycles. The van der Waals surface area contributed by atoms with Crippen molar-refractivity contribution in [2.45, 2.75) is 27.3 Å². The number of rotatable bonds is 3. The number of pyridine rings is 1. The Kier molecular flexibility index (Phi) is 3.95. The molecule has 0 aliphatic heterocycles. The summed E-state index contributed by atoms with van der Waals surface area (Å²) in [6.45, 7) is 6.76. The van der Waals surface area contributed by atoms with Crippen LogP contribution in [0.3, 0.4) is 0 Å². The smallest absolute Gasteiger partial charge is 0.270 e. The molecule has 98 valence electrons. The number of carbonyl (C=O) groups is 1. The van der Waals surface area contributed by atoms with Crippen molar-refractivity contribution in [2.75, 3.05) is 0 Å². The molecule has 1 N–H and O–H groups in total. The number of nitrogens with one attached hydrogen (secondary N) is 1. The first-order chi connectivity index (χ1) is 9.08. The quantitative estimate of drug-likeness (QED) is 0.915. The summed E-state index contributed by atoms with van der Waals surface area (Å²) in [5, 5.41) is 2.91. The third-order valence-corrected chi connectivity index (χ3v) is 3.16. The zero-order chi connectivity index (χ0) is 13.8. The summed E-state index contributed by atoms with van der Waals surface area (Å²) in [6.07, 6.45) is 1.62. The minimum Gasteiger partial charge on any atom is -0.347 e. The molecule has 19 heavy (non-hydrogen) atoms. The Bertz CT molecular complexity index is 568. The molecule has 0 atom stereocenters. The molecular formula is C16H18N2O. The molecule has 0 saturated carbocycles. The lowest BCUT2D eigenvalue weighted by Crippen LogP contribution is -2.24. The first kappa shape index (κ1) is 13.3. The number of aromatic nitrogens is 1. The minimum atomic E-state index is -0.139. The average molecular weight is 254 g/mol. The summed E-state index contributed by atoms with van der Waals surface area (Å²) < 4.78 is 0. The minimum absolute atomic E-state index is 0.139. The van der Waals surface area contributed by atoms with Crippen LogP contribution in [0.5, 0.6) is 0 Å². The number of amides is 1. The predicted octanol–water partition coefficient (Wildman–Crippen LogP) is 2.94. The Balaban J connectivity index is 2.10. The van der Waals surface area contributed by atoms with Crippen LogP contribution in [0.15, 0.2) is 36.5 Å². The second-order valence-electron chi connectivity index (χ2n) is 4.77. The maximum absolute atomic E-state index is 11.9. The van der Waals surface area contributed by atoms with Crippen LogP contribution in [-0.2, 0) is 6.54 Å². The van der Waals surface area contributed by atoms with Gasteiger partial charge >= 0.3 is 0 Å². The fourth-order valence-corrected chi connectivity index (χ4v) is 2.25. The third kappa shape index (κ3) is 3.19. The molecule has 0 fully saturated rings. The molecular weight excluding hydrogens is 236 g/mol. The molecule has 2 aromatic rings. The number of nitrogens with zero attached hydrogens (tertiary/aromatic N) is 1. The summed E-state index contributed by atoms with van der Waals surface area (Å²) in [5.74, 6) is -0.139. The Labute approximate surface area is 113 Å². The Morgan fingerprint density at radius 3 is 2.42 bits per heavy atom. The summed E-state index contributed by atoms with van der Waals surface area (Å²) in [6, 6.07) is 9.59. The van der Waals surface area contributed by atoms with E-state index in [0.717, 1.165) is 0 Å². The van der Waals surface area contributed by atoms with E-state index in [0.29, 0.717) is 12.2 Å². The number of carbonyl (C=O) groups excluding carboxylic acids is 1. The van der Waals surface area contributed by atoms with E-state index in [1.165, 1.54) is 22.3 Å². The number of benzene rings is 1. The van der Waals surface area contributed by atoms with Gasteiger partial charge in [0.2, 0.25) is 0 Å². The van der Waals surface area contributed by atoms with Crippen LogP contribution >= 0.6 is 0 Å². The normalized spacial score (nSPS) is 10.3. The summed E-state index contributed by atoms with van der Waals surface area (Å²) in [4.78, 5) is 16.0. The monoisotopic (exact) mass is 254 g/mol. The van der Waals surface area contributed by atoms with Crippen molar-refractivity contribution in [1.29, 1.82) is 0 Å². The fraction of sp³-hybridized carbons (Fsp3) is 0.250. The standard InChI is InChI=1S/C16H18N2O/c1-11-8-12(2)14(13(3)9-11)10-18-16(19)15-6-4-5-7-17-15/h4-9H,10H2,1-3H3,(H,18,19). The molecule has 1 amide bonds. The van der Waals surface area contributed by atoms with E-state index < -0.39 is 0 Å². The highest BCUT2D eigenvalue weighted by Crippen LogP contribution is 2.16. The van der Waals surface area contributed by atoms with Gasteiger partial charge in [0.25, 0.3) is 5.91 Å².